The highest BCUT2D eigenvalue weighted by Crippen LogP contribution is 2.32. The molecule has 0 atom stereocenters. The smallest absolute Gasteiger partial charge is 0.276 e. The normalized spacial score (nSPS) is 13.9. The second-order valence-electron chi connectivity index (χ2n) is 8.26. The van der Waals surface area contributed by atoms with Gasteiger partial charge in [-0.05, 0) is 61.4 Å². The molecule has 9 nitrogen and oxygen atoms in total. The van der Waals surface area contributed by atoms with Crippen molar-refractivity contribution in [3.63, 3.8) is 0 Å². The molecule has 0 bridgehead atoms. The number of nitrogens with zero attached hydrogens (tertiary/aromatic N) is 4. The zero-order chi connectivity index (χ0) is 25.0. The maximum atomic E-state index is 13.1. The van der Waals surface area contributed by atoms with Crippen LogP contribution >= 0.6 is 0 Å². The Bertz CT molecular complexity index is 1280. The third-order valence-corrected chi connectivity index (χ3v) is 8.21. The van der Waals surface area contributed by atoms with Crippen LogP contribution in [0.15, 0.2) is 59.6 Å². The first-order chi connectivity index (χ1) is 16.9. The fraction of sp³-hybridized carbons (Fsp3) is 0.360. The van der Waals surface area contributed by atoms with E-state index in [1.54, 1.807) is 42.3 Å². The van der Waals surface area contributed by atoms with Crippen LogP contribution in [0.3, 0.4) is 0 Å². The standard InChI is InChI=1S/C25H31N5O4S/c1-4-29(5-2)35(32,33)21-12-13-24(28-15-6-7-16-28)23(18-21)26-25(31)22-14-17-30(27-22)19-8-10-20(34-3)11-9-19/h8-14,17-18H,4-7,15-16H2,1-3H3,(H,26,31). The molecule has 1 aliphatic rings. The molecule has 0 aliphatic carbocycles. The Labute approximate surface area is 206 Å². The molecule has 1 saturated heterocycles. The van der Waals surface area contributed by atoms with E-state index in [0.29, 0.717) is 18.8 Å². The van der Waals surface area contributed by atoms with Gasteiger partial charge >= 0.3 is 0 Å². The fourth-order valence-electron chi connectivity index (χ4n) is 4.23. The van der Waals surface area contributed by atoms with E-state index in [1.807, 2.05) is 38.1 Å². The Morgan fingerprint density at radius 3 is 2.37 bits per heavy atom. The molecule has 1 aliphatic heterocycles. The van der Waals surface area contributed by atoms with Crippen molar-refractivity contribution in [2.75, 3.05) is 43.5 Å². The van der Waals surface area contributed by atoms with E-state index in [-0.39, 0.29) is 10.6 Å². The van der Waals surface area contributed by atoms with Crippen molar-refractivity contribution in [3.05, 3.63) is 60.4 Å². The Kier molecular flexibility index (Phi) is 7.42. The summed E-state index contributed by atoms with van der Waals surface area (Å²) in [7, 11) is -2.07. The SMILES string of the molecule is CCN(CC)S(=O)(=O)c1ccc(N2CCCC2)c(NC(=O)c2ccn(-c3ccc(OC)cc3)n2)c1. The fourth-order valence-corrected chi connectivity index (χ4v) is 5.72. The number of amides is 1. The number of methoxy groups -OCH3 is 1. The zero-order valence-electron chi connectivity index (χ0n) is 20.3. The van der Waals surface area contributed by atoms with Crippen molar-refractivity contribution in [2.24, 2.45) is 0 Å². The number of benzene rings is 2. The van der Waals surface area contributed by atoms with Gasteiger partial charge < -0.3 is 15.0 Å². The highest BCUT2D eigenvalue weighted by molar-refractivity contribution is 7.89. The van der Waals surface area contributed by atoms with Crippen LogP contribution in [0.5, 0.6) is 5.75 Å². The number of hydrogen-bond acceptors (Lipinski definition) is 6. The van der Waals surface area contributed by atoms with Gasteiger partial charge in [0, 0.05) is 32.4 Å². The van der Waals surface area contributed by atoms with Crippen molar-refractivity contribution in [3.8, 4) is 11.4 Å². The predicted octanol–water partition coefficient (Wildman–Crippen LogP) is 3.76. The first kappa shape index (κ1) is 24.7. The molecule has 2 aromatic carbocycles. The van der Waals surface area contributed by atoms with Gasteiger partial charge in [0.1, 0.15) is 5.75 Å². The summed E-state index contributed by atoms with van der Waals surface area (Å²) >= 11 is 0. The maximum Gasteiger partial charge on any atom is 0.276 e. The number of rotatable bonds is 9. The monoisotopic (exact) mass is 497 g/mol. The van der Waals surface area contributed by atoms with Crippen LogP contribution in [0.4, 0.5) is 11.4 Å². The average Bonchev–Trinajstić information content (AvgIpc) is 3.57. The van der Waals surface area contributed by atoms with Crippen LogP contribution in [0.25, 0.3) is 5.69 Å². The molecule has 4 rings (SSSR count). The summed E-state index contributed by atoms with van der Waals surface area (Å²) in [4.78, 5) is 15.5. The van der Waals surface area contributed by atoms with Crippen molar-refractivity contribution in [1.29, 1.82) is 0 Å². The molecule has 186 valence electrons. The summed E-state index contributed by atoms with van der Waals surface area (Å²) in [5.74, 6) is 0.322. The Morgan fingerprint density at radius 1 is 1.06 bits per heavy atom. The maximum absolute atomic E-state index is 13.1. The van der Waals surface area contributed by atoms with E-state index >= 15 is 0 Å². The molecule has 0 spiro atoms. The summed E-state index contributed by atoms with van der Waals surface area (Å²) in [5.41, 5.74) is 2.29. The molecule has 1 amide bonds. The molecule has 10 heteroatoms. The largest absolute Gasteiger partial charge is 0.497 e. The number of carbonyl (C=O) groups is 1. The molecule has 0 radical (unpaired) electrons. The molecule has 1 fully saturated rings. The van der Waals surface area contributed by atoms with Crippen molar-refractivity contribution in [1.82, 2.24) is 14.1 Å². The van der Waals surface area contributed by atoms with E-state index in [0.717, 1.165) is 43.1 Å². The first-order valence-corrected chi connectivity index (χ1v) is 13.2. The summed E-state index contributed by atoms with van der Waals surface area (Å²) < 4.78 is 34.4. The molecule has 2 heterocycles. The molecule has 0 unspecified atom stereocenters. The number of sulfonamides is 1. The minimum absolute atomic E-state index is 0.156. The zero-order valence-corrected chi connectivity index (χ0v) is 21.1. The number of aromatic nitrogens is 2. The lowest BCUT2D eigenvalue weighted by molar-refractivity contribution is 0.102. The van der Waals surface area contributed by atoms with Crippen molar-refractivity contribution >= 4 is 27.3 Å². The molecule has 0 saturated carbocycles. The van der Waals surface area contributed by atoms with E-state index in [1.165, 1.54) is 4.31 Å². The van der Waals surface area contributed by atoms with Gasteiger partial charge in [0.05, 0.1) is 29.1 Å². The highest BCUT2D eigenvalue weighted by atomic mass is 32.2. The Hall–Kier alpha value is -3.37. The predicted molar refractivity (Wildman–Crippen MR) is 136 cm³/mol. The first-order valence-electron chi connectivity index (χ1n) is 11.8. The quantitative estimate of drug-likeness (QED) is 0.484. The number of hydrogen-bond donors (Lipinski definition) is 1. The Morgan fingerprint density at radius 2 is 1.74 bits per heavy atom. The summed E-state index contributed by atoms with van der Waals surface area (Å²) in [6, 6.07) is 13.9. The van der Waals surface area contributed by atoms with Crippen LogP contribution in [0.1, 0.15) is 37.2 Å². The van der Waals surface area contributed by atoms with E-state index in [9.17, 15) is 13.2 Å². The number of ether oxygens (including phenoxy) is 1. The minimum Gasteiger partial charge on any atom is -0.497 e. The van der Waals surface area contributed by atoms with Crippen LogP contribution < -0.4 is 15.0 Å². The minimum atomic E-state index is -3.67. The lowest BCUT2D eigenvalue weighted by Gasteiger charge is -2.24. The molecular formula is C25H31N5O4S. The summed E-state index contributed by atoms with van der Waals surface area (Å²) in [6.07, 6.45) is 3.82. The van der Waals surface area contributed by atoms with Gasteiger partial charge in [-0.1, -0.05) is 13.8 Å². The third-order valence-electron chi connectivity index (χ3n) is 6.16. The van der Waals surface area contributed by atoms with E-state index in [4.69, 9.17) is 4.74 Å². The second kappa shape index (κ2) is 10.5. The highest BCUT2D eigenvalue weighted by Gasteiger charge is 2.25. The molecular weight excluding hydrogens is 466 g/mol. The lowest BCUT2D eigenvalue weighted by Crippen LogP contribution is -2.31. The van der Waals surface area contributed by atoms with Gasteiger partial charge in [0.25, 0.3) is 5.91 Å². The van der Waals surface area contributed by atoms with Crippen LogP contribution in [-0.2, 0) is 10.0 Å². The van der Waals surface area contributed by atoms with E-state index in [2.05, 4.69) is 15.3 Å². The van der Waals surface area contributed by atoms with Crippen LogP contribution in [0, 0.1) is 0 Å². The Balaban J connectivity index is 1.63. The van der Waals surface area contributed by atoms with Gasteiger partial charge in [0.15, 0.2) is 5.69 Å². The molecule has 3 aromatic rings. The summed E-state index contributed by atoms with van der Waals surface area (Å²) in [6.45, 7) is 6.07. The van der Waals surface area contributed by atoms with Gasteiger partial charge in [-0.15, -0.1) is 0 Å². The van der Waals surface area contributed by atoms with Gasteiger partial charge in [0.2, 0.25) is 10.0 Å². The van der Waals surface area contributed by atoms with Crippen LogP contribution in [0.2, 0.25) is 0 Å². The van der Waals surface area contributed by atoms with Crippen molar-refractivity contribution < 1.29 is 17.9 Å². The van der Waals surface area contributed by atoms with Gasteiger partial charge in [-0.25, -0.2) is 13.1 Å². The molecule has 1 N–H and O–H groups in total. The number of nitrogens with one attached hydrogen (secondary N) is 1. The summed E-state index contributed by atoms with van der Waals surface area (Å²) in [5, 5.41) is 7.32. The third kappa shape index (κ3) is 5.18. The van der Waals surface area contributed by atoms with Crippen LogP contribution in [-0.4, -0.2) is 61.7 Å². The van der Waals surface area contributed by atoms with Gasteiger partial charge in [-0.2, -0.15) is 9.40 Å². The average molecular weight is 498 g/mol. The molecule has 35 heavy (non-hydrogen) atoms. The lowest BCUT2D eigenvalue weighted by atomic mass is 10.2. The van der Waals surface area contributed by atoms with E-state index < -0.39 is 15.9 Å². The molecule has 1 aromatic heterocycles. The van der Waals surface area contributed by atoms with Crippen molar-refractivity contribution in [2.45, 2.75) is 31.6 Å². The number of anilines is 2. The van der Waals surface area contributed by atoms with Gasteiger partial charge in [-0.3, -0.25) is 4.79 Å². The topological polar surface area (TPSA) is 96.8 Å². The number of carbonyl (C=O) groups excluding carboxylic acids is 1. The second-order valence-corrected chi connectivity index (χ2v) is 10.2.